The first-order valence-electron chi connectivity index (χ1n) is 9.72. The van der Waals surface area contributed by atoms with Crippen molar-refractivity contribution in [3.63, 3.8) is 0 Å². The molecule has 4 rings (SSSR count). The predicted octanol–water partition coefficient (Wildman–Crippen LogP) is 1.88. The summed E-state index contributed by atoms with van der Waals surface area (Å²) in [4.78, 5) is 38.9. The molecule has 8 nitrogen and oxygen atoms in total. The van der Waals surface area contributed by atoms with Crippen molar-refractivity contribution < 1.29 is 23.9 Å². The van der Waals surface area contributed by atoms with Gasteiger partial charge >= 0.3 is 6.03 Å². The van der Waals surface area contributed by atoms with Crippen LogP contribution < -0.4 is 20.1 Å². The molecule has 4 amide bonds. The Bertz CT molecular complexity index is 826. The third-order valence-electron chi connectivity index (χ3n) is 5.98. The van der Waals surface area contributed by atoms with Crippen LogP contribution in [0.5, 0.6) is 11.5 Å². The van der Waals surface area contributed by atoms with Gasteiger partial charge in [-0.1, -0.05) is 25.8 Å². The van der Waals surface area contributed by atoms with Crippen molar-refractivity contribution in [1.82, 2.24) is 15.5 Å². The zero-order valence-electron chi connectivity index (χ0n) is 16.1. The highest BCUT2D eigenvalue weighted by atomic mass is 16.7. The number of carbonyl (C=O) groups is 3. The fraction of sp³-hybridized carbons (Fsp3) is 0.550. The minimum Gasteiger partial charge on any atom is -0.454 e. The Morgan fingerprint density at radius 1 is 1.25 bits per heavy atom. The summed E-state index contributed by atoms with van der Waals surface area (Å²) in [6.07, 6.45) is 4.27. The van der Waals surface area contributed by atoms with Gasteiger partial charge in [0.1, 0.15) is 12.1 Å². The molecule has 0 aromatic heterocycles. The van der Waals surface area contributed by atoms with Crippen molar-refractivity contribution in [1.29, 1.82) is 0 Å². The number of nitrogens with one attached hydrogen (secondary N) is 2. The minimum atomic E-state index is -1.25. The monoisotopic (exact) mass is 387 g/mol. The topological polar surface area (TPSA) is 97.0 Å². The summed E-state index contributed by atoms with van der Waals surface area (Å²) in [5.41, 5.74) is -0.671. The first kappa shape index (κ1) is 18.6. The number of hydrogen-bond acceptors (Lipinski definition) is 5. The van der Waals surface area contributed by atoms with E-state index >= 15 is 0 Å². The first-order valence-corrected chi connectivity index (χ1v) is 9.72. The van der Waals surface area contributed by atoms with Gasteiger partial charge < -0.3 is 20.1 Å². The smallest absolute Gasteiger partial charge is 0.325 e. The molecular formula is C20H25N3O5. The highest BCUT2D eigenvalue weighted by Crippen LogP contribution is 2.37. The number of fused-ring (bicyclic) bond motifs is 1. The molecule has 28 heavy (non-hydrogen) atoms. The van der Waals surface area contributed by atoms with Crippen molar-refractivity contribution in [2.45, 2.75) is 51.1 Å². The summed E-state index contributed by atoms with van der Waals surface area (Å²) in [6.45, 7) is 3.59. The van der Waals surface area contributed by atoms with Crippen LogP contribution in [-0.4, -0.2) is 42.1 Å². The third-order valence-corrected chi connectivity index (χ3v) is 5.98. The van der Waals surface area contributed by atoms with Crippen LogP contribution in [-0.2, 0) is 15.1 Å². The van der Waals surface area contributed by atoms with Crippen LogP contribution in [0, 0.1) is 5.92 Å². The fourth-order valence-electron chi connectivity index (χ4n) is 4.17. The van der Waals surface area contributed by atoms with Gasteiger partial charge in [0.25, 0.3) is 5.91 Å². The summed E-state index contributed by atoms with van der Waals surface area (Å²) >= 11 is 0. The lowest BCUT2D eigenvalue weighted by Gasteiger charge is -2.30. The molecule has 2 heterocycles. The van der Waals surface area contributed by atoms with E-state index in [2.05, 4.69) is 17.6 Å². The highest BCUT2D eigenvalue weighted by molar-refractivity contribution is 6.09. The Morgan fingerprint density at radius 3 is 2.79 bits per heavy atom. The Morgan fingerprint density at radius 2 is 2.00 bits per heavy atom. The quantitative estimate of drug-likeness (QED) is 0.769. The molecule has 0 bridgehead atoms. The van der Waals surface area contributed by atoms with Crippen LogP contribution in [0.25, 0.3) is 0 Å². The Kier molecular flexibility index (Phi) is 4.64. The minimum absolute atomic E-state index is 0.0993. The van der Waals surface area contributed by atoms with Gasteiger partial charge in [-0.25, -0.2) is 4.79 Å². The summed E-state index contributed by atoms with van der Waals surface area (Å²) in [6, 6.07) is 4.65. The van der Waals surface area contributed by atoms with Crippen LogP contribution in [0.1, 0.15) is 45.1 Å². The van der Waals surface area contributed by atoms with Gasteiger partial charge in [-0.2, -0.15) is 0 Å². The third kappa shape index (κ3) is 3.16. The SMILES string of the molecule is C[C@@H]1CCCC[C@H]1NC(=O)CN1C(=O)N[C@](C)(c2ccc3c(c2)OCO3)C1=O. The number of urea groups is 1. The maximum Gasteiger partial charge on any atom is 0.325 e. The van der Waals surface area contributed by atoms with Crippen LogP contribution in [0.15, 0.2) is 18.2 Å². The molecule has 1 aromatic carbocycles. The van der Waals surface area contributed by atoms with E-state index in [1.165, 1.54) is 6.42 Å². The largest absolute Gasteiger partial charge is 0.454 e. The standard InChI is InChI=1S/C20H25N3O5/c1-12-5-3-4-6-14(12)21-17(24)10-23-18(25)20(2,22-19(23)26)13-7-8-15-16(9-13)28-11-27-15/h7-9,12,14H,3-6,10-11H2,1-2H3,(H,21,24)(H,22,26)/t12-,14-,20-/m1/s1. The second-order valence-electron chi connectivity index (χ2n) is 7.95. The molecule has 2 fully saturated rings. The van der Waals surface area contributed by atoms with E-state index in [4.69, 9.17) is 9.47 Å². The van der Waals surface area contributed by atoms with E-state index in [1.807, 2.05) is 0 Å². The van der Waals surface area contributed by atoms with E-state index in [9.17, 15) is 14.4 Å². The van der Waals surface area contributed by atoms with Crippen LogP contribution in [0.2, 0.25) is 0 Å². The summed E-state index contributed by atoms with van der Waals surface area (Å²) in [5.74, 6) is 0.769. The number of carbonyl (C=O) groups excluding carboxylic acids is 3. The average Bonchev–Trinajstić information content (AvgIpc) is 3.22. The van der Waals surface area contributed by atoms with Gasteiger partial charge in [0.15, 0.2) is 11.5 Å². The summed E-state index contributed by atoms with van der Waals surface area (Å²) in [5, 5.41) is 5.70. The number of hydrogen-bond donors (Lipinski definition) is 2. The van der Waals surface area contributed by atoms with E-state index in [1.54, 1.807) is 25.1 Å². The molecule has 8 heteroatoms. The Labute approximate surface area is 163 Å². The van der Waals surface area contributed by atoms with Gasteiger partial charge in [-0.15, -0.1) is 0 Å². The Balaban J connectivity index is 1.47. The number of imide groups is 1. The maximum absolute atomic E-state index is 13.0. The van der Waals surface area contributed by atoms with Crippen molar-refractivity contribution in [3.05, 3.63) is 23.8 Å². The zero-order valence-corrected chi connectivity index (χ0v) is 16.1. The van der Waals surface area contributed by atoms with Gasteiger partial charge in [0.2, 0.25) is 12.7 Å². The van der Waals surface area contributed by atoms with Crippen LogP contribution in [0.3, 0.4) is 0 Å². The van der Waals surface area contributed by atoms with Crippen molar-refractivity contribution >= 4 is 17.8 Å². The lowest BCUT2D eigenvalue weighted by molar-refractivity contribution is -0.135. The molecule has 1 saturated carbocycles. The molecule has 2 aliphatic heterocycles. The summed E-state index contributed by atoms with van der Waals surface area (Å²) in [7, 11) is 0. The molecule has 150 valence electrons. The predicted molar refractivity (Wildman–Crippen MR) is 99.7 cm³/mol. The summed E-state index contributed by atoms with van der Waals surface area (Å²) < 4.78 is 10.7. The van der Waals surface area contributed by atoms with Crippen LogP contribution >= 0.6 is 0 Å². The second kappa shape index (κ2) is 7.00. The van der Waals surface area contributed by atoms with Gasteiger partial charge in [-0.05, 0) is 43.4 Å². The Hall–Kier alpha value is -2.77. The average molecular weight is 387 g/mol. The number of amides is 4. The molecule has 0 unspecified atom stereocenters. The van der Waals surface area contributed by atoms with Gasteiger partial charge in [0.05, 0.1) is 0 Å². The van der Waals surface area contributed by atoms with Crippen molar-refractivity contribution in [2.24, 2.45) is 5.92 Å². The number of benzene rings is 1. The molecule has 2 N–H and O–H groups in total. The number of nitrogens with zero attached hydrogens (tertiary/aromatic N) is 1. The molecule has 3 atom stereocenters. The zero-order chi connectivity index (χ0) is 19.9. The van der Waals surface area contributed by atoms with Gasteiger partial charge in [0, 0.05) is 6.04 Å². The number of ether oxygens (including phenoxy) is 2. The van der Waals surface area contributed by atoms with Crippen molar-refractivity contribution in [3.8, 4) is 11.5 Å². The first-order chi connectivity index (χ1) is 13.4. The fourth-order valence-corrected chi connectivity index (χ4v) is 4.17. The normalized spacial score (nSPS) is 29.0. The van der Waals surface area contributed by atoms with Crippen molar-refractivity contribution in [2.75, 3.05) is 13.3 Å². The molecule has 1 saturated heterocycles. The van der Waals surface area contributed by atoms with Gasteiger partial charge in [-0.3, -0.25) is 14.5 Å². The molecule has 0 spiro atoms. The lowest BCUT2D eigenvalue weighted by Crippen LogP contribution is -2.47. The maximum atomic E-state index is 13.0. The van der Waals surface area contributed by atoms with E-state index < -0.39 is 17.5 Å². The molecule has 0 radical (unpaired) electrons. The van der Waals surface area contributed by atoms with Crippen LogP contribution in [0.4, 0.5) is 4.79 Å². The molecular weight excluding hydrogens is 362 g/mol. The second-order valence-corrected chi connectivity index (χ2v) is 7.95. The number of rotatable bonds is 4. The highest BCUT2D eigenvalue weighted by Gasteiger charge is 2.50. The molecule has 1 aromatic rings. The molecule has 1 aliphatic carbocycles. The van der Waals surface area contributed by atoms with E-state index in [0.29, 0.717) is 23.0 Å². The lowest BCUT2D eigenvalue weighted by atomic mass is 9.86. The molecule has 3 aliphatic rings. The van der Waals surface area contributed by atoms with E-state index in [0.717, 1.165) is 24.2 Å². The van der Waals surface area contributed by atoms with E-state index in [-0.39, 0.29) is 25.3 Å².